The van der Waals surface area contributed by atoms with Gasteiger partial charge in [-0.3, -0.25) is 9.59 Å². The molecule has 0 aliphatic heterocycles. The fraction of sp³-hybridized carbons (Fsp3) is 0.300. The molecular weight excluding hydrogens is 352 g/mol. The minimum absolute atomic E-state index is 0.0566. The van der Waals surface area contributed by atoms with Crippen molar-refractivity contribution in [3.8, 4) is 5.75 Å². The average Bonchev–Trinajstić information content (AvgIpc) is 2.64. The van der Waals surface area contributed by atoms with Crippen molar-refractivity contribution in [1.29, 1.82) is 0 Å². The summed E-state index contributed by atoms with van der Waals surface area (Å²) in [6, 6.07) is 14.0. The van der Waals surface area contributed by atoms with Gasteiger partial charge in [0.05, 0.1) is 16.6 Å². The minimum Gasteiger partial charge on any atom is -0.483 e. The third-order valence-corrected chi connectivity index (χ3v) is 4.31. The Morgan fingerprint density at radius 2 is 1.77 bits per heavy atom. The molecule has 2 aromatic rings. The van der Waals surface area contributed by atoms with Crippen molar-refractivity contribution in [1.82, 2.24) is 10.2 Å². The maximum Gasteiger partial charge on any atom is 0.259 e. The van der Waals surface area contributed by atoms with E-state index in [1.165, 1.54) is 4.90 Å². The molecular formula is C20H23ClN2O3. The van der Waals surface area contributed by atoms with E-state index in [1.54, 1.807) is 44.4 Å². The molecule has 0 saturated carbocycles. The lowest BCUT2D eigenvalue weighted by molar-refractivity contribution is -0.130. The molecule has 1 unspecified atom stereocenters. The van der Waals surface area contributed by atoms with Crippen LogP contribution in [-0.2, 0) is 4.79 Å². The van der Waals surface area contributed by atoms with E-state index in [-0.39, 0.29) is 24.5 Å². The Hall–Kier alpha value is -2.53. The van der Waals surface area contributed by atoms with Crippen LogP contribution in [0.25, 0.3) is 0 Å². The molecule has 1 atom stereocenters. The van der Waals surface area contributed by atoms with Gasteiger partial charge in [0.1, 0.15) is 5.75 Å². The number of hydrogen-bond acceptors (Lipinski definition) is 3. The van der Waals surface area contributed by atoms with Gasteiger partial charge in [0.2, 0.25) is 0 Å². The molecule has 2 amide bonds. The number of carbonyl (C=O) groups excluding carboxylic acids is 2. The average molecular weight is 375 g/mol. The van der Waals surface area contributed by atoms with E-state index < -0.39 is 0 Å². The molecule has 5 nitrogen and oxygen atoms in total. The van der Waals surface area contributed by atoms with E-state index in [0.29, 0.717) is 22.8 Å². The van der Waals surface area contributed by atoms with Gasteiger partial charge in [-0.15, -0.1) is 0 Å². The van der Waals surface area contributed by atoms with Crippen LogP contribution < -0.4 is 10.1 Å². The summed E-state index contributed by atoms with van der Waals surface area (Å²) >= 11 is 6.11. The second-order valence-corrected chi connectivity index (χ2v) is 6.44. The van der Waals surface area contributed by atoms with E-state index in [4.69, 9.17) is 16.3 Å². The highest BCUT2D eigenvalue weighted by Crippen LogP contribution is 2.28. The van der Waals surface area contributed by atoms with Gasteiger partial charge in [0.25, 0.3) is 11.8 Å². The van der Waals surface area contributed by atoms with Crippen LogP contribution >= 0.6 is 11.6 Å². The lowest BCUT2D eigenvalue weighted by Crippen LogP contribution is -2.30. The second-order valence-electron chi connectivity index (χ2n) is 6.03. The number of para-hydroxylation sites is 1. The smallest absolute Gasteiger partial charge is 0.259 e. The van der Waals surface area contributed by atoms with Gasteiger partial charge >= 0.3 is 0 Å². The van der Waals surface area contributed by atoms with E-state index in [2.05, 4.69) is 5.32 Å². The second kappa shape index (κ2) is 9.25. The zero-order chi connectivity index (χ0) is 19.1. The van der Waals surface area contributed by atoms with Crippen molar-refractivity contribution in [2.24, 2.45) is 0 Å². The number of nitrogens with one attached hydrogen (secondary N) is 1. The molecule has 0 fully saturated rings. The first-order chi connectivity index (χ1) is 12.4. The van der Waals surface area contributed by atoms with E-state index in [9.17, 15) is 9.59 Å². The monoisotopic (exact) mass is 374 g/mol. The minimum atomic E-state index is -0.260. The zero-order valence-corrected chi connectivity index (χ0v) is 15.9. The fourth-order valence-electron chi connectivity index (χ4n) is 2.45. The van der Waals surface area contributed by atoms with E-state index >= 15 is 0 Å². The molecule has 0 aromatic heterocycles. The van der Waals surface area contributed by atoms with Gasteiger partial charge in [-0.25, -0.2) is 0 Å². The summed E-state index contributed by atoms with van der Waals surface area (Å²) in [6.45, 7) is 1.91. The number of rotatable bonds is 7. The quantitative estimate of drug-likeness (QED) is 0.804. The Bertz CT molecular complexity index is 777. The van der Waals surface area contributed by atoms with Crippen molar-refractivity contribution in [2.45, 2.75) is 19.4 Å². The van der Waals surface area contributed by atoms with Gasteiger partial charge in [-0.05, 0) is 24.6 Å². The Balaban J connectivity index is 2.18. The molecule has 0 heterocycles. The molecule has 2 rings (SSSR count). The number of benzene rings is 2. The van der Waals surface area contributed by atoms with Crippen molar-refractivity contribution in [2.75, 3.05) is 20.7 Å². The lowest BCUT2D eigenvalue weighted by Gasteiger charge is -2.21. The third-order valence-electron chi connectivity index (χ3n) is 3.98. The highest BCUT2D eigenvalue weighted by molar-refractivity contribution is 6.33. The van der Waals surface area contributed by atoms with Crippen molar-refractivity contribution < 1.29 is 14.3 Å². The summed E-state index contributed by atoms with van der Waals surface area (Å²) in [5, 5.41) is 3.40. The first-order valence-corrected chi connectivity index (χ1v) is 8.79. The lowest BCUT2D eigenvalue weighted by atomic mass is 10.0. The number of halogens is 1. The standard InChI is InChI=1S/C20H23ClN2O3/c1-4-17(22-20(25)14-9-5-7-11-16(14)21)15-10-6-8-12-18(15)26-13-19(24)23(2)3/h5-12,17H,4,13H2,1-3H3,(H,22,25). The van der Waals surface area contributed by atoms with E-state index in [0.717, 1.165) is 5.56 Å². The van der Waals surface area contributed by atoms with Crippen molar-refractivity contribution in [3.63, 3.8) is 0 Å². The topological polar surface area (TPSA) is 58.6 Å². The predicted octanol–water partition coefficient (Wildman–Crippen LogP) is 3.69. The Kier molecular flexibility index (Phi) is 7.04. The number of hydrogen-bond donors (Lipinski definition) is 1. The van der Waals surface area contributed by atoms with Crippen LogP contribution in [0, 0.1) is 0 Å². The number of amides is 2. The summed E-state index contributed by atoms with van der Waals surface area (Å²) in [7, 11) is 3.35. The summed E-state index contributed by atoms with van der Waals surface area (Å²) in [5.41, 5.74) is 1.25. The third kappa shape index (κ3) is 4.99. The Morgan fingerprint density at radius 1 is 1.12 bits per heavy atom. The molecule has 6 heteroatoms. The highest BCUT2D eigenvalue weighted by atomic mass is 35.5. The van der Waals surface area contributed by atoms with Gasteiger partial charge in [-0.2, -0.15) is 0 Å². The van der Waals surface area contributed by atoms with Crippen LogP contribution in [0.4, 0.5) is 0 Å². The normalized spacial score (nSPS) is 11.5. The first-order valence-electron chi connectivity index (χ1n) is 8.41. The predicted molar refractivity (Wildman–Crippen MR) is 103 cm³/mol. The number of carbonyl (C=O) groups is 2. The van der Waals surface area contributed by atoms with Gasteiger partial charge < -0.3 is 15.0 Å². The van der Waals surface area contributed by atoms with Crippen LogP contribution in [-0.4, -0.2) is 37.4 Å². The molecule has 0 radical (unpaired) electrons. The van der Waals surface area contributed by atoms with Gasteiger partial charge in [0, 0.05) is 19.7 Å². The van der Waals surface area contributed by atoms with Crippen molar-refractivity contribution in [3.05, 3.63) is 64.7 Å². The molecule has 0 bridgehead atoms. The molecule has 0 aliphatic carbocycles. The van der Waals surface area contributed by atoms with Gasteiger partial charge in [-0.1, -0.05) is 48.9 Å². The highest BCUT2D eigenvalue weighted by Gasteiger charge is 2.19. The summed E-state index contributed by atoms with van der Waals surface area (Å²) in [5.74, 6) is 0.198. The SMILES string of the molecule is CCC(NC(=O)c1ccccc1Cl)c1ccccc1OCC(=O)N(C)C. The summed E-state index contributed by atoms with van der Waals surface area (Å²) in [6.07, 6.45) is 0.665. The number of nitrogens with zero attached hydrogens (tertiary/aromatic N) is 1. The van der Waals surface area contributed by atoms with E-state index in [1.807, 2.05) is 25.1 Å². The molecule has 2 aromatic carbocycles. The van der Waals surface area contributed by atoms with Crippen LogP contribution in [0.1, 0.15) is 35.3 Å². The van der Waals surface area contributed by atoms with Crippen molar-refractivity contribution >= 4 is 23.4 Å². The molecule has 0 aliphatic rings. The number of likely N-dealkylation sites (N-methyl/N-ethyl adjacent to an activating group) is 1. The van der Waals surface area contributed by atoms with Gasteiger partial charge in [0.15, 0.2) is 6.61 Å². The first kappa shape index (κ1) is 19.8. The zero-order valence-electron chi connectivity index (χ0n) is 15.2. The fourth-order valence-corrected chi connectivity index (χ4v) is 2.67. The largest absolute Gasteiger partial charge is 0.483 e. The molecule has 138 valence electrons. The van der Waals surface area contributed by atoms with Crippen LogP contribution in [0.2, 0.25) is 5.02 Å². The summed E-state index contributed by atoms with van der Waals surface area (Å²) < 4.78 is 5.69. The number of ether oxygens (including phenoxy) is 1. The van der Waals surface area contributed by atoms with Crippen LogP contribution in [0.5, 0.6) is 5.75 Å². The Labute approximate surface area is 158 Å². The maximum atomic E-state index is 12.6. The summed E-state index contributed by atoms with van der Waals surface area (Å²) in [4.78, 5) is 25.8. The molecule has 0 saturated heterocycles. The van der Waals surface area contributed by atoms with Crippen LogP contribution in [0.3, 0.4) is 0 Å². The maximum absolute atomic E-state index is 12.6. The molecule has 26 heavy (non-hydrogen) atoms. The molecule has 1 N–H and O–H groups in total. The Morgan fingerprint density at radius 3 is 2.42 bits per heavy atom. The van der Waals surface area contributed by atoms with Crippen LogP contribution in [0.15, 0.2) is 48.5 Å². The molecule has 0 spiro atoms.